The second kappa shape index (κ2) is 8.26. The van der Waals surface area contributed by atoms with Gasteiger partial charge in [-0.1, -0.05) is 36.4 Å². The molecule has 142 valence electrons. The maximum Gasteiger partial charge on any atom is 0.242 e. The Kier molecular flexibility index (Phi) is 5.78. The van der Waals surface area contributed by atoms with Crippen LogP contribution in [0, 0.1) is 11.3 Å². The van der Waals surface area contributed by atoms with E-state index in [0.717, 1.165) is 16.7 Å². The molecule has 5 nitrogen and oxygen atoms in total. The van der Waals surface area contributed by atoms with Gasteiger partial charge in [-0.3, -0.25) is 0 Å². The van der Waals surface area contributed by atoms with Crippen molar-refractivity contribution in [2.75, 3.05) is 14.1 Å². The van der Waals surface area contributed by atoms with Crippen LogP contribution in [0.15, 0.2) is 77.7 Å². The number of hydrogen-bond donors (Lipinski definition) is 0. The van der Waals surface area contributed by atoms with E-state index < -0.39 is 10.0 Å². The summed E-state index contributed by atoms with van der Waals surface area (Å²) in [5, 5.41) is 8.87. The van der Waals surface area contributed by atoms with Crippen molar-refractivity contribution in [3.63, 3.8) is 0 Å². The molecule has 0 aliphatic rings. The Labute approximate surface area is 165 Å². The van der Waals surface area contributed by atoms with Crippen molar-refractivity contribution in [2.45, 2.75) is 11.5 Å². The minimum Gasteiger partial charge on any atom is -0.489 e. The van der Waals surface area contributed by atoms with Gasteiger partial charge in [0.1, 0.15) is 12.4 Å². The number of sulfonamides is 1. The Bertz CT molecular complexity index is 1100. The predicted octanol–water partition coefficient (Wildman–Crippen LogP) is 4.05. The lowest BCUT2D eigenvalue weighted by atomic mass is 10.0. The molecule has 0 amide bonds. The average Bonchev–Trinajstić information content (AvgIpc) is 2.73. The van der Waals surface area contributed by atoms with Gasteiger partial charge in [0.25, 0.3) is 0 Å². The summed E-state index contributed by atoms with van der Waals surface area (Å²) in [6.45, 7) is 0.271. The van der Waals surface area contributed by atoms with Crippen molar-refractivity contribution in [3.05, 3.63) is 83.9 Å². The van der Waals surface area contributed by atoms with Gasteiger partial charge in [-0.05, 0) is 53.1 Å². The van der Waals surface area contributed by atoms with Gasteiger partial charge in [0, 0.05) is 14.1 Å². The van der Waals surface area contributed by atoms with E-state index in [0.29, 0.717) is 11.3 Å². The normalized spacial score (nSPS) is 11.2. The van der Waals surface area contributed by atoms with Gasteiger partial charge in [-0.25, -0.2) is 12.7 Å². The highest BCUT2D eigenvalue weighted by molar-refractivity contribution is 7.89. The van der Waals surface area contributed by atoms with Crippen molar-refractivity contribution in [2.24, 2.45) is 0 Å². The summed E-state index contributed by atoms with van der Waals surface area (Å²) >= 11 is 0. The smallest absolute Gasteiger partial charge is 0.242 e. The number of benzene rings is 3. The Morgan fingerprint density at radius 3 is 2.11 bits per heavy atom. The molecule has 0 spiro atoms. The van der Waals surface area contributed by atoms with Gasteiger partial charge in [0.05, 0.1) is 16.5 Å². The van der Waals surface area contributed by atoms with E-state index in [-0.39, 0.29) is 11.5 Å². The summed E-state index contributed by atoms with van der Waals surface area (Å²) in [5.41, 5.74) is 3.45. The van der Waals surface area contributed by atoms with E-state index in [4.69, 9.17) is 10.00 Å². The van der Waals surface area contributed by atoms with Crippen molar-refractivity contribution >= 4 is 10.0 Å². The predicted molar refractivity (Wildman–Crippen MR) is 108 cm³/mol. The molecule has 0 bridgehead atoms. The van der Waals surface area contributed by atoms with Crippen LogP contribution in [0.4, 0.5) is 0 Å². The lowest BCUT2D eigenvalue weighted by Gasteiger charge is -2.13. The van der Waals surface area contributed by atoms with E-state index in [1.54, 1.807) is 30.3 Å². The van der Waals surface area contributed by atoms with Crippen molar-refractivity contribution in [3.8, 4) is 22.9 Å². The van der Waals surface area contributed by atoms with Crippen molar-refractivity contribution in [1.82, 2.24) is 4.31 Å². The van der Waals surface area contributed by atoms with E-state index >= 15 is 0 Å². The molecule has 0 aliphatic heterocycles. The molecule has 6 heteroatoms. The summed E-state index contributed by atoms with van der Waals surface area (Å²) in [7, 11) is -0.450. The van der Waals surface area contributed by atoms with E-state index in [1.165, 1.54) is 18.4 Å². The molecular formula is C22H20N2O3S. The molecule has 3 aromatic rings. The molecule has 0 saturated heterocycles. The number of rotatable bonds is 6. The topological polar surface area (TPSA) is 70.4 Å². The fraction of sp³-hybridized carbons (Fsp3) is 0.136. The standard InChI is InChI=1S/C22H20N2O3S/c1-24(2)28(25,26)22-5-3-4-18(14-22)16-27-21-12-10-20(11-13-21)19-8-6-17(15-23)7-9-19/h3-14H,16H2,1-2H3. The fourth-order valence-electron chi connectivity index (χ4n) is 2.65. The largest absolute Gasteiger partial charge is 0.489 e. The van der Waals surface area contributed by atoms with Gasteiger partial charge >= 0.3 is 0 Å². The number of ether oxygens (including phenoxy) is 1. The van der Waals surface area contributed by atoms with Crippen molar-refractivity contribution in [1.29, 1.82) is 5.26 Å². The Balaban J connectivity index is 1.69. The van der Waals surface area contributed by atoms with Crippen LogP contribution >= 0.6 is 0 Å². The maximum absolute atomic E-state index is 12.2. The first kappa shape index (κ1) is 19.6. The zero-order valence-corrected chi connectivity index (χ0v) is 16.5. The highest BCUT2D eigenvalue weighted by Gasteiger charge is 2.17. The minimum atomic E-state index is -3.47. The second-order valence-corrected chi connectivity index (χ2v) is 8.59. The van der Waals surface area contributed by atoms with Crippen LogP contribution in [0.1, 0.15) is 11.1 Å². The molecule has 28 heavy (non-hydrogen) atoms. The third-order valence-electron chi connectivity index (χ3n) is 4.28. The lowest BCUT2D eigenvalue weighted by molar-refractivity contribution is 0.306. The molecule has 0 fully saturated rings. The van der Waals surface area contributed by atoms with Gasteiger partial charge in [-0.2, -0.15) is 5.26 Å². The second-order valence-electron chi connectivity index (χ2n) is 6.44. The SMILES string of the molecule is CN(C)S(=O)(=O)c1cccc(COc2ccc(-c3ccc(C#N)cc3)cc2)c1. The molecule has 0 aromatic heterocycles. The van der Waals surface area contributed by atoms with Crippen LogP contribution in [0.25, 0.3) is 11.1 Å². The highest BCUT2D eigenvalue weighted by Crippen LogP contribution is 2.23. The van der Waals surface area contributed by atoms with Gasteiger partial charge < -0.3 is 4.74 Å². The van der Waals surface area contributed by atoms with Crippen LogP contribution in [-0.2, 0) is 16.6 Å². The summed E-state index contributed by atoms with van der Waals surface area (Å²) in [6.07, 6.45) is 0. The van der Waals surface area contributed by atoms with E-state index in [2.05, 4.69) is 6.07 Å². The molecule has 0 atom stereocenters. The molecule has 0 unspecified atom stereocenters. The average molecular weight is 392 g/mol. The lowest BCUT2D eigenvalue weighted by Crippen LogP contribution is -2.22. The third-order valence-corrected chi connectivity index (χ3v) is 6.10. The highest BCUT2D eigenvalue weighted by atomic mass is 32.2. The van der Waals surface area contributed by atoms with Crippen LogP contribution < -0.4 is 4.74 Å². The number of nitriles is 1. The Morgan fingerprint density at radius 1 is 0.929 bits per heavy atom. The van der Waals surface area contributed by atoms with Crippen LogP contribution in [-0.4, -0.2) is 26.8 Å². The van der Waals surface area contributed by atoms with Crippen LogP contribution in [0.5, 0.6) is 5.75 Å². The Hall–Kier alpha value is -3.14. The van der Waals surface area contributed by atoms with Crippen LogP contribution in [0.2, 0.25) is 0 Å². The number of nitrogens with zero attached hydrogens (tertiary/aromatic N) is 2. The summed E-state index contributed by atoms with van der Waals surface area (Å²) in [6, 6.07) is 23.9. The van der Waals surface area contributed by atoms with Crippen LogP contribution in [0.3, 0.4) is 0 Å². The molecule has 0 heterocycles. The molecule has 0 aliphatic carbocycles. The maximum atomic E-state index is 12.2. The van der Waals surface area contributed by atoms with E-state index in [9.17, 15) is 8.42 Å². The minimum absolute atomic E-state index is 0.245. The first-order valence-electron chi connectivity index (χ1n) is 8.65. The van der Waals surface area contributed by atoms with Gasteiger partial charge in [0.2, 0.25) is 10.0 Å². The molecular weight excluding hydrogens is 372 g/mol. The summed E-state index contributed by atoms with van der Waals surface area (Å²) < 4.78 is 31.5. The Morgan fingerprint density at radius 2 is 1.54 bits per heavy atom. The summed E-state index contributed by atoms with van der Waals surface area (Å²) in [4.78, 5) is 0.245. The molecule has 0 N–H and O–H groups in total. The molecule has 0 radical (unpaired) electrons. The molecule has 3 rings (SSSR count). The number of hydrogen-bond acceptors (Lipinski definition) is 4. The molecule has 0 saturated carbocycles. The quantitative estimate of drug-likeness (QED) is 0.634. The summed E-state index contributed by atoms with van der Waals surface area (Å²) in [5.74, 6) is 0.693. The third kappa shape index (κ3) is 4.39. The van der Waals surface area contributed by atoms with Gasteiger partial charge in [-0.15, -0.1) is 0 Å². The first-order chi connectivity index (χ1) is 13.4. The van der Waals surface area contributed by atoms with Gasteiger partial charge in [0.15, 0.2) is 0 Å². The molecule has 3 aromatic carbocycles. The first-order valence-corrected chi connectivity index (χ1v) is 10.1. The van der Waals surface area contributed by atoms with Crippen molar-refractivity contribution < 1.29 is 13.2 Å². The monoisotopic (exact) mass is 392 g/mol. The fourth-order valence-corrected chi connectivity index (χ4v) is 3.63. The van der Waals surface area contributed by atoms with E-state index in [1.807, 2.05) is 42.5 Å². The zero-order chi connectivity index (χ0) is 20.1. The zero-order valence-electron chi connectivity index (χ0n) is 15.7.